The predicted octanol–water partition coefficient (Wildman–Crippen LogP) is 5.81. The number of benzene rings is 1. The molecule has 0 amide bonds. The van der Waals surface area contributed by atoms with Crippen LogP contribution in [0.3, 0.4) is 0 Å². The van der Waals surface area contributed by atoms with Crippen molar-refractivity contribution >= 4 is 11.3 Å². The van der Waals surface area contributed by atoms with Gasteiger partial charge in [0.25, 0.3) is 0 Å². The van der Waals surface area contributed by atoms with Crippen LogP contribution in [-0.2, 0) is 0 Å². The van der Waals surface area contributed by atoms with Crippen molar-refractivity contribution in [3.8, 4) is 32.5 Å². The molecule has 4 heteroatoms. The molecular weight excluding hydrogens is 330 g/mol. The molecule has 0 bridgehead atoms. The van der Waals surface area contributed by atoms with E-state index in [1.165, 1.54) is 22.6 Å². The number of aromatic nitrogens is 1. The van der Waals surface area contributed by atoms with Crippen molar-refractivity contribution in [1.82, 2.24) is 4.98 Å². The van der Waals surface area contributed by atoms with Crippen molar-refractivity contribution < 1.29 is 9.47 Å². The molecule has 1 aromatic carbocycles. The van der Waals surface area contributed by atoms with Crippen LogP contribution >= 0.6 is 11.3 Å². The van der Waals surface area contributed by atoms with Gasteiger partial charge in [0.15, 0.2) is 11.5 Å². The second-order valence-electron chi connectivity index (χ2n) is 6.27. The zero-order chi connectivity index (χ0) is 17.1. The molecule has 0 radical (unpaired) electrons. The minimum absolute atomic E-state index is 0.316. The summed E-state index contributed by atoms with van der Waals surface area (Å²) >= 11 is 1.75. The highest BCUT2D eigenvalue weighted by Gasteiger charge is 2.19. The van der Waals surface area contributed by atoms with Gasteiger partial charge in [-0.25, -0.2) is 0 Å². The van der Waals surface area contributed by atoms with Crippen molar-refractivity contribution in [2.75, 3.05) is 7.11 Å². The molecule has 1 aliphatic carbocycles. The number of hydrogen-bond donors (Lipinski definition) is 0. The zero-order valence-corrected chi connectivity index (χ0v) is 15.1. The van der Waals surface area contributed by atoms with E-state index in [1.807, 2.05) is 30.5 Å². The molecule has 2 aromatic heterocycles. The van der Waals surface area contributed by atoms with Gasteiger partial charge in [-0.05, 0) is 73.7 Å². The van der Waals surface area contributed by atoms with Crippen molar-refractivity contribution in [2.24, 2.45) is 0 Å². The van der Waals surface area contributed by atoms with Crippen LogP contribution in [0.15, 0.2) is 54.7 Å². The van der Waals surface area contributed by atoms with Gasteiger partial charge in [0.1, 0.15) is 0 Å². The summed E-state index contributed by atoms with van der Waals surface area (Å²) < 4.78 is 11.7. The Morgan fingerprint density at radius 3 is 2.56 bits per heavy atom. The van der Waals surface area contributed by atoms with Gasteiger partial charge in [0.2, 0.25) is 0 Å². The van der Waals surface area contributed by atoms with E-state index in [0.717, 1.165) is 35.6 Å². The van der Waals surface area contributed by atoms with E-state index in [-0.39, 0.29) is 0 Å². The highest BCUT2D eigenvalue weighted by Crippen LogP contribution is 2.39. The van der Waals surface area contributed by atoms with E-state index in [1.54, 1.807) is 18.4 Å². The number of methoxy groups -OCH3 is 1. The standard InChI is InChI=1S/C21H21NO2S/c1-23-18-10-9-15(14-19(18)24-16-6-2-3-7-16)20-11-12-21(25-20)17-8-4-5-13-22-17/h4-5,8-14,16H,2-3,6-7H2,1H3. The third-order valence-corrected chi connectivity index (χ3v) is 5.72. The van der Waals surface area contributed by atoms with Crippen molar-refractivity contribution in [3.05, 3.63) is 54.7 Å². The second kappa shape index (κ2) is 7.28. The average Bonchev–Trinajstić information content (AvgIpc) is 3.34. The smallest absolute Gasteiger partial charge is 0.162 e. The normalized spacial score (nSPS) is 14.6. The third-order valence-electron chi connectivity index (χ3n) is 4.57. The maximum absolute atomic E-state index is 6.22. The van der Waals surface area contributed by atoms with Crippen LogP contribution in [0, 0.1) is 0 Å². The predicted molar refractivity (Wildman–Crippen MR) is 102 cm³/mol. The molecular formula is C21H21NO2S. The Labute approximate surface area is 152 Å². The Bertz CT molecular complexity index is 838. The van der Waals surface area contributed by atoms with E-state index in [2.05, 4.69) is 29.2 Å². The Balaban J connectivity index is 1.63. The van der Waals surface area contributed by atoms with Crippen LogP contribution in [0.25, 0.3) is 21.0 Å². The van der Waals surface area contributed by atoms with Crippen LogP contribution in [0.2, 0.25) is 0 Å². The lowest BCUT2D eigenvalue weighted by atomic mass is 10.1. The highest BCUT2D eigenvalue weighted by molar-refractivity contribution is 7.18. The van der Waals surface area contributed by atoms with Crippen molar-refractivity contribution in [2.45, 2.75) is 31.8 Å². The maximum Gasteiger partial charge on any atom is 0.162 e. The first-order valence-corrected chi connectivity index (χ1v) is 9.51. The van der Waals surface area contributed by atoms with Gasteiger partial charge in [-0.1, -0.05) is 6.07 Å². The topological polar surface area (TPSA) is 31.4 Å². The number of hydrogen-bond acceptors (Lipinski definition) is 4. The summed E-state index contributed by atoms with van der Waals surface area (Å²) in [5.41, 5.74) is 2.16. The molecule has 1 fully saturated rings. The van der Waals surface area contributed by atoms with Gasteiger partial charge >= 0.3 is 0 Å². The molecule has 0 aliphatic heterocycles. The lowest BCUT2D eigenvalue weighted by Gasteiger charge is -2.16. The lowest BCUT2D eigenvalue weighted by molar-refractivity contribution is 0.201. The molecule has 0 N–H and O–H groups in total. The summed E-state index contributed by atoms with van der Waals surface area (Å²) in [7, 11) is 1.70. The monoisotopic (exact) mass is 351 g/mol. The molecule has 128 valence electrons. The summed E-state index contributed by atoms with van der Waals surface area (Å²) in [6.07, 6.45) is 6.93. The minimum atomic E-state index is 0.316. The Morgan fingerprint density at radius 1 is 0.960 bits per heavy atom. The largest absolute Gasteiger partial charge is 0.493 e. The number of pyridine rings is 1. The minimum Gasteiger partial charge on any atom is -0.493 e. The molecule has 3 nitrogen and oxygen atoms in total. The van der Waals surface area contributed by atoms with Gasteiger partial charge in [-0.3, -0.25) is 4.98 Å². The van der Waals surface area contributed by atoms with Gasteiger partial charge in [0, 0.05) is 11.1 Å². The molecule has 2 heterocycles. The van der Waals surface area contributed by atoms with Crippen LogP contribution in [0.4, 0.5) is 0 Å². The van der Waals surface area contributed by atoms with E-state index in [9.17, 15) is 0 Å². The Kier molecular flexibility index (Phi) is 4.70. The maximum atomic E-state index is 6.22. The molecule has 25 heavy (non-hydrogen) atoms. The fourth-order valence-corrected chi connectivity index (χ4v) is 4.23. The van der Waals surface area contributed by atoms with Crippen LogP contribution in [0.1, 0.15) is 25.7 Å². The summed E-state index contributed by atoms with van der Waals surface area (Å²) in [6.45, 7) is 0. The van der Waals surface area contributed by atoms with Crippen LogP contribution in [0.5, 0.6) is 11.5 Å². The first-order chi connectivity index (χ1) is 12.3. The Hall–Kier alpha value is -2.33. The quantitative estimate of drug-likeness (QED) is 0.581. The molecule has 1 aliphatic rings. The van der Waals surface area contributed by atoms with Gasteiger partial charge in [0.05, 0.1) is 23.8 Å². The van der Waals surface area contributed by atoms with Gasteiger partial charge in [-0.15, -0.1) is 11.3 Å². The van der Waals surface area contributed by atoms with E-state index < -0.39 is 0 Å². The molecule has 4 rings (SSSR count). The molecule has 3 aromatic rings. The lowest BCUT2D eigenvalue weighted by Crippen LogP contribution is -2.11. The van der Waals surface area contributed by atoms with Crippen molar-refractivity contribution in [3.63, 3.8) is 0 Å². The molecule has 1 saturated carbocycles. The SMILES string of the molecule is COc1ccc(-c2ccc(-c3ccccn3)s2)cc1OC1CCCC1. The highest BCUT2D eigenvalue weighted by atomic mass is 32.1. The molecule has 0 saturated heterocycles. The Morgan fingerprint density at radius 2 is 1.80 bits per heavy atom. The first-order valence-electron chi connectivity index (χ1n) is 8.70. The van der Waals surface area contributed by atoms with E-state index >= 15 is 0 Å². The fraction of sp³-hybridized carbons (Fsp3) is 0.286. The van der Waals surface area contributed by atoms with Gasteiger partial charge in [-0.2, -0.15) is 0 Å². The van der Waals surface area contributed by atoms with Gasteiger partial charge < -0.3 is 9.47 Å². The summed E-state index contributed by atoms with van der Waals surface area (Å²) in [4.78, 5) is 6.81. The fourth-order valence-electron chi connectivity index (χ4n) is 3.25. The summed E-state index contributed by atoms with van der Waals surface area (Å²) in [6, 6.07) is 16.5. The summed E-state index contributed by atoms with van der Waals surface area (Å²) in [5.74, 6) is 1.65. The van der Waals surface area contributed by atoms with Crippen LogP contribution < -0.4 is 9.47 Å². The van der Waals surface area contributed by atoms with E-state index in [0.29, 0.717) is 6.10 Å². The number of rotatable bonds is 5. The molecule has 0 atom stereocenters. The molecule has 0 unspecified atom stereocenters. The first kappa shape index (κ1) is 16.2. The second-order valence-corrected chi connectivity index (χ2v) is 7.35. The third kappa shape index (κ3) is 3.54. The zero-order valence-electron chi connectivity index (χ0n) is 14.3. The summed E-state index contributed by atoms with van der Waals surface area (Å²) in [5, 5.41) is 0. The van der Waals surface area contributed by atoms with Crippen LogP contribution in [-0.4, -0.2) is 18.2 Å². The average molecular weight is 351 g/mol. The van der Waals surface area contributed by atoms with E-state index in [4.69, 9.17) is 9.47 Å². The van der Waals surface area contributed by atoms with Crippen molar-refractivity contribution in [1.29, 1.82) is 0 Å². The number of nitrogens with zero attached hydrogens (tertiary/aromatic N) is 1. The number of ether oxygens (including phenoxy) is 2. The molecule has 0 spiro atoms. The number of thiophene rings is 1.